The van der Waals surface area contributed by atoms with Gasteiger partial charge in [-0.05, 0) is 44.2 Å². The van der Waals surface area contributed by atoms with Gasteiger partial charge in [-0.1, -0.05) is 70.8 Å². The second kappa shape index (κ2) is 14.9. The minimum atomic E-state index is -0.527. The predicted molar refractivity (Wildman–Crippen MR) is 117 cm³/mol. The molecule has 0 saturated heterocycles. The van der Waals surface area contributed by atoms with Crippen LogP contribution in [-0.2, 0) is 15.9 Å². The molecule has 0 fully saturated rings. The molecule has 0 aromatic heterocycles. The van der Waals surface area contributed by atoms with Gasteiger partial charge in [0, 0.05) is 26.2 Å². The van der Waals surface area contributed by atoms with E-state index in [1.54, 1.807) is 20.3 Å². The zero-order valence-corrected chi connectivity index (χ0v) is 19.1. The van der Waals surface area contributed by atoms with Crippen LogP contribution in [0.25, 0.3) is 0 Å². The Bertz CT molecular complexity index is 544. The molecule has 1 rings (SSSR count). The predicted octanol–water partition coefficient (Wildman–Crippen LogP) is 7.83. The summed E-state index contributed by atoms with van der Waals surface area (Å²) in [5.41, 5.74) is 0.610. The average Bonchev–Trinajstić information content (AvgIpc) is 2.72. The Kier molecular flexibility index (Phi) is 13.4. The quantitative estimate of drug-likeness (QED) is 0.192. The lowest BCUT2D eigenvalue weighted by Gasteiger charge is -2.35. The van der Waals surface area contributed by atoms with Crippen molar-refractivity contribution in [1.82, 2.24) is 0 Å². The van der Waals surface area contributed by atoms with Crippen LogP contribution >= 0.6 is 0 Å². The molecule has 1 unspecified atom stereocenters. The van der Waals surface area contributed by atoms with Crippen molar-refractivity contribution < 1.29 is 18.3 Å². The first-order chi connectivity index (χ1) is 14.0. The molecule has 0 heterocycles. The largest absolute Gasteiger partial charge is 0.353 e. The Morgan fingerprint density at radius 2 is 1.38 bits per heavy atom. The molecular weight excluding hydrogens is 370 g/mol. The third kappa shape index (κ3) is 10.0. The summed E-state index contributed by atoms with van der Waals surface area (Å²) in [5.74, 6) is -1.08. The topological polar surface area (TPSA) is 18.5 Å². The summed E-state index contributed by atoms with van der Waals surface area (Å²) in [6.45, 7) is 4.29. The summed E-state index contributed by atoms with van der Waals surface area (Å²) in [5, 5.41) is 0. The SMILES string of the molecule is CCCCCCCCC(CCCCCCc1ccc(F)cc1F)C(C)(OC)OC. The Hall–Kier alpha value is -1.00. The lowest BCUT2D eigenvalue weighted by Crippen LogP contribution is -2.39. The van der Waals surface area contributed by atoms with Crippen molar-refractivity contribution >= 4 is 0 Å². The number of halogens is 2. The molecule has 0 amide bonds. The number of ether oxygens (including phenoxy) is 2. The third-order valence-corrected chi connectivity index (χ3v) is 6.22. The molecule has 0 aliphatic rings. The van der Waals surface area contributed by atoms with Crippen LogP contribution in [0.2, 0.25) is 0 Å². The maximum absolute atomic E-state index is 13.7. The molecule has 1 atom stereocenters. The van der Waals surface area contributed by atoms with E-state index in [0.717, 1.165) is 44.6 Å². The summed E-state index contributed by atoms with van der Waals surface area (Å²) >= 11 is 0. The smallest absolute Gasteiger partial charge is 0.167 e. The highest BCUT2D eigenvalue weighted by atomic mass is 19.1. The fourth-order valence-electron chi connectivity index (χ4n) is 4.04. The zero-order valence-electron chi connectivity index (χ0n) is 19.1. The van der Waals surface area contributed by atoms with Gasteiger partial charge in [-0.15, -0.1) is 0 Å². The van der Waals surface area contributed by atoms with E-state index in [1.165, 1.54) is 44.6 Å². The fraction of sp³-hybridized carbons (Fsp3) is 0.760. The van der Waals surface area contributed by atoms with Gasteiger partial charge in [-0.3, -0.25) is 0 Å². The van der Waals surface area contributed by atoms with Crippen LogP contribution in [0, 0.1) is 17.6 Å². The highest BCUT2D eigenvalue weighted by Gasteiger charge is 2.33. The molecule has 168 valence electrons. The van der Waals surface area contributed by atoms with Crippen LogP contribution in [0.4, 0.5) is 8.78 Å². The third-order valence-electron chi connectivity index (χ3n) is 6.22. The molecule has 0 saturated carbocycles. The summed E-state index contributed by atoms with van der Waals surface area (Å²) in [7, 11) is 3.46. The summed E-state index contributed by atoms with van der Waals surface area (Å²) in [6, 6.07) is 3.87. The lowest BCUT2D eigenvalue weighted by atomic mass is 9.87. The van der Waals surface area contributed by atoms with Gasteiger partial charge in [-0.2, -0.15) is 0 Å². The number of rotatable bonds is 17. The van der Waals surface area contributed by atoms with Crippen LogP contribution in [0.1, 0.15) is 96.5 Å². The molecule has 0 aliphatic carbocycles. The molecule has 1 aromatic rings. The number of hydrogen-bond donors (Lipinski definition) is 0. The maximum atomic E-state index is 13.7. The Labute approximate surface area is 177 Å². The number of aryl methyl sites for hydroxylation is 1. The Morgan fingerprint density at radius 1 is 0.828 bits per heavy atom. The van der Waals surface area contributed by atoms with Crippen molar-refractivity contribution in [3.63, 3.8) is 0 Å². The minimum Gasteiger partial charge on any atom is -0.353 e. The number of hydrogen-bond acceptors (Lipinski definition) is 2. The fourth-order valence-corrected chi connectivity index (χ4v) is 4.04. The second-order valence-electron chi connectivity index (χ2n) is 8.37. The van der Waals surface area contributed by atoms with E-state index in [-0.39, 0.29) is 0 Å². The first-order valence-electron chi connectivity index (χ1n) is 11.5. The van der Waals surface area contributed by atoms with Crippen molar-refractivity contribution in [3.05, 3.63) is 35.4 Å². The van der Waals surface area contributed by atoms with E-state index < -0.39 is 17.4 Å². The van der Waals surface area contributed by atoms with Gasteiger partial charge in [0.25, 0.3) is 0 Å². The molecule has 1 aromatic carbocycles. The van der Waals surface area contributed by atoms with Crippen molar-refractivity contribution in [1.29, 1.82) is 0 Å². The van der Waals surface area contributed by atoms with Gasteiger partial charge in [0.2, 0.25) is 0 Å². The summed E-state index contributed by atoms with van der Waals surface area (Å²) in [4.78, 5) is 0. The maximum Gasteiger partial charge on any atom is 0.167 e. The van der Waals surface area contributed by atoms with E-state index >= 15 is 0 Å². The summed E-state index contributed by atoms with van der Waals surface area (Å²) < 4.78 is 38.1. The standard InChI is InChI=1S/C25H42F2O2/c1-5-6-7-8-9-13-16-22(25(2,28-3)29-4)17-14-11-10-12-15-21-18-19-23(26)20-24(21)27/h18-20,22H,5-17H2,1-4H3. The number of unbranched alkanes of at least 4 members (excludes halogenated alkanes) is 8. The Balaban J connectivity index is 2.33. The van der Waals surface area contributed by atoms with Gasteiger partial charge in [0.1, 0.15) is 11.6 Å². The zero-order chi connectivity index (χ0) is 21.5. The highest BCUT2D eigenvalue weighted by molar-refractivity contribution is 5.18. The minimum absolute atomic E-state index is 0.387. The monoisotopic (exact) mass is 412 g/mol. The van der Waals surface area contributed by atoms with Crippen LogP contribution in [0.3, 0.4) is 0 Å². The Morgan fingerprint density at radius 3 is 1.93 bits per heavy atom. The van der Waals surface area contributed by atoms with Gasteiger partial charge < -0.3 is 9.47 Å². The van der Waals surface area contributed by atoms with E-state index in [9.17, 15) is 8.78 Å². The van der Waals surface area contributed by atoms with Crippen LogP contribution in [-0.4, -0.2) is 20.0 Å². The van der Waals surface area contributed by atoms with Crippen molar-refractivity contribution in [2.75, 3.05) is 14.2 Å². The van der Waals surface area contributed by atoms with Gasteiger partial charge in [0.15, 0.2) is 5.79 Å². The molecule has 0 N–H and O–H groups in total. The van der Waals surface area contributed by atoms with Crippen molar-refractivity contribution in [2.24, 2.45) is 5.92 Å². The van der Waals surface area contributed by atoms with Gasteiger partial charge >= 0.3 is 0 Å². The summed E-state index contributed by atoms with van der Waals surface area (Å²) in [6.07, 6.45) is 14.9. The lowest BCUT2D eigenvalue weighted by molar-refractivity contribution is -0.230. The van der Waals surface area contributed by atoms with E-state index in [0.29, 0.717) is 17.9 Å². The van der Waals surface area contributed by atoms with Crippen LogP contribution in [0.15, 0.2) is 18.2 Å². The van der Waals surface area contributed by atoms with Crippen molar-refractivity contribution in [3.8, 4) is 0 Å². The van der Waals surface area contributed by atoms with Crippen LogP contribution in [0.5, 0.6) is 0 Å². The van der Waals surface area contributed by atoms with Crippen LogP contribution < -0.4 is 0 Å². The van der Waals surface area contributed by atoms with Gasteiger partial charge in [-0.25, -0.2) is 8.78 Å². The van der Waals surface area contributed by atoms with E-state index in [1.807, 2.05) is 6.92 Å². The first-order valence-corrected chi connectivity index (χ1v) is 11.5. The molecular formula is C25H42F2O2. The number of methoxy groups -OCH3 is 2. The highest BCUT2D eigenvalue weighted by Crippen LogP contribution is 2.32. The van der Waals surface area contributed by atoms with Crippen molar-refractivity contribution in [2.45, 2.75) is 103 Å². The number of benzene rings is 1. The molecule has 2 nitrogen and oxygen atoms in total. The molecule has 4 heteroatoms. The molecule has 0 aliphatic heterocycles. The molecule has 0 radical (unpaired) electrons. The van der Waals surface area contributed by atoms with E-state index in [4.69, 9.17) is 9.47 Å². The normalized spacial score (nSPS) is 13.0. The second-order valence-corrected chi connectivity index (χ2v) is 8.37. The molecule has 0 spiro atoms. The average molecular weight is 413 g/mol. The van der Waals surface area contributed by atoms with E-state index in [2.05, 4.69) is 6.92 Å². The molecule has 0 bridgehead atoms. The first kappa shape index (κ1) is 26.0. The van der Waals surface area contributed by atoms with Gasteiger partial charge in [0.05, 0.1) is 0 Å². The molecule has 29 heavy (non-hydrogen) atoms.